The van der Waals surface area contributed by atoms with Crippen LogP contribution >= 0.6 is 0 Å². The zero-order chi connectivity index (χ0) is 17.2. The minimum absolute atomic E-state index is 0.0140. The minimum atomic E-state index is 0.0140. The van der Waals surface area contributed by atoms with E-state index in [1.807, 2.05) is 26.1 Å². The molecule has 1 saturated heterocycles. The van der Waals surface area contributed by atoms with Crippen molar-refractivity contribution >= 4 is 16.9 Å². The standard InChI is InChI=1S/C17H20N6O2/c1-11-14-16(19-9-13-10-24-7-8-25-13)20-15(12-3-5-18-6-4-12)21-17(14)23(2)22-11/h3-6,13H,7-10H2,1-2H3,(H,19,20,21)/t13-/m1/s1. The Labute approximate surface area is 145 Å². The molecule has 4 rings (SSSR count). The van der Waals surface area contributed by atoms with Crippen molar-refractivity contribution < 1.29 is 9.47 Å². The van der Waals surface area contributed by atoms with Gasteiger partial charge in [0.1, 0.15) is 5.82 Å². The molecular formula is C17H20N6O2. The maximum absolute atomic E-state index is 5.70. The van der Waals surface area contributed by atoms with Crippen molar-refractivity contribution in [2.75, 3.05) is 31.7 Å². The molecule has 8 heteroatoms. The highest BCUT2D eigenvalue weighted by atomic mass is 16.6. The highest BCUT2D eigenvalue weighted by Gasteiger charge is 2.19. The molecule has 1 aliphatic rings. The van der Waals surface area contributed by atoms with Crippen LogP contribution in [-0.2, 0) is 16.5 Å². The summed E-state index contributed by atoms with van der Waals surface area (Å²) in [5.74, 6) is 1.40. The van der Waals surface area contributed by atoms with Gasteiger partial charge in [0.25, 0.3) is 0 Å². The highest BCUT2D eigenvalue weighted by molar-refractivity contribution is 5.90. The summed E-state index contributed by atoms with van der Waals surface area (Å²) in [6.45, 7) is 4.45. The summed E-state index contributed by atoms with van der Waals surface area (Å²) in [6, 6.07) is 3.79. The van der Waals surface area contributed by atoms with Crippen molar-refractivity contribution in [3.63, 3.8) is 0 Å². The fourth-order valence-corrected chi connectivity index (χ4v) is 2.96. The number of hydrogen-bond acceptors (Lipinski definition) is 7. The number of anilines is 1. The van der Waals surface area contributed by atoms with Gasteiger partial charge < -0.3 is 14.8 Å². The molecule has 3 aromatic rings. The number of ether oxygens (including phenoxy) is 2. The predicted octanol–water partition coefficient (Wildman–Crippen LogP) is 1.56. The van der Waals surface area contributed by atoms with E-state index in [4.69, 9.17) is 14.5 Å². The fourth-order valence-electron chi connectivity index (χ4n) is 2.96. The van der Waals surface area contributed by atoms with Gasteiger partial charge in [-0.1, -0.05) is 0 Å². The Morgan fingerprint density at radius 1 is 1.24 bits per heavy atom. The topological polar surface area (TPSA) is 87.0 Å². The Hall–Kier alpha value is -2.58. The highest BCUT2D eigenvalue weighted by Crippen LogP contribution is 2.27. The van der Waals surface area contributed by atoms with Gasteiger partial charge in [0, 0.05) is 31.5 Å². The van der Waals surface area contributed by atoms with Crippen LogP contribution in [0.1, 0.15) is 5.69 Å². The summed E-state index contributed by atoms with van der Waals surface area (Å²) in [4.78, 5) is 13.5. The second-order valence-corrected chi connectivity index (χ2v) is 5.99. The molecule has 0 saturated carbocycles. The number of rotatable bonds is 4. The minimum Gasteiger partial charge on any atom is -0.376 e. The molecule has 0 spiro atoms. The Balaban J connectivity index is 1.72. The molecule has 130 valence electrons. The fraction of sp³-hybridized carbons (Fsp3) is 0.412. The molecule has 4 heterocycles. The Morgan fingerprint density at radius 2 is 2.08 bits per heavy atom. The molecular weight excluding hydrogens is 320 g/mol. The molecule has 0 unspecified atom stereocenters. The van der Waals surface area contributed by atoms with Crippen LogP contribution in [0.15, 0.2) is 24.5 Å². The first-order chi connectivity index (χ1) is 12.2. The van der Waals surface area contributed by atoms with Gasteiger partial charge in [-0.15, -0.1) is 0 Å². The zero-order valence-corrected chi connectivity index (χ0v) is 14.3. The molecule has 1 aliphatic heterocycles. The van der Waals surface area contributed by atoms with Gasteiger partial charge in [-0.3, -0.25) is 9.67 Å². The number of aryl methyl sites for hydroxylation is 2. The molecule has 0 amide bonds. The number of aromatic nitrogens is 5. The van der Waals surface area contributed by atoms with Crippen molar-refractivity contribution in [3.05, 3.63) is 30.2 Å². The summed E-state index contributed by atoms with van der Waals surface area (Å²) in [5.41, 5.74) is 2.60. The third-order valence-electron chi connectivity index (χ3n) is 4.18. The lowest BCUT2D eigenvalue weighted by molar-refractivity contribution is -0.0819. The molecule has 0 radical (unpaired) electrons. The first-order valence-electron chi connectivity index (χ1n) is 8.27. The van der Waals surface area contributed by atoms with E-state index in [0.717, 1.165) is 28.1 Å². The lowest BCUT2D eigenvalue weighted by atomic mass is 10.2. The van der Waals surface area contributed by atoms with Crippen molar-refractivity contribution in [1.82, 2.24) is 24.7 Å². The van der Waals surface area contributed by atoms with Crippen LogP contribution in [0, 0.1) is 6.92 Å². The first kappa shape index (κ1) is 15.9. The van der Waals surface area contributed by atoms with Gasteiger partial charge in [0.15, 0.2) is 11.5 Å². The second kappa shape index (κ2) is 6.73. The smallest absolute Gasteiger partial charge is 0.164 e. The van der Waals surface area contributed by atoms with Crippen molar-refractivity contribution in [1.29, 1.82) is 0 Å². The van der Waals surface area contributed by atoms with E-state index in [0.29, 0.717) is 32.2 Å². The number of nitrogens with zero attached hydrogens (tertiary/aromatic N) is 5. The molecule has 8 nitrogen and oxygen atoms in total. The molecule has 0 bridgehead atoms. The lowest BCUT2D eigenvalue weighted by Crippen LogP contribution is -2.34. The monoisotopic (exact) mass is 340 g/mol. The number of pyridine rings is 1. The molecule has 0 aromatic carbocycles. The van der Waals surface area contributed by atoms with Crippen LogP contribution in [0.3, 0.4) is 0 Å². The van der Waals surface area contributed by atoms with E-state index >= 15 is 0 Å². The third kappa shape index (κ3) is 3.18. The first-order valence-corrected chi connectivity index (χ1v) is 8.27. The van der Waals surface area contributed by atoms with Gasteiger partial charge >= 0.3 is 0 Å². The number of nitrogens with one attached hydrogen (secondary N) is 1. The number of hydrogen-bond donors (Lipinski definition) is 1. The lowest BCUT2D eigenvalue weighted by Gasteiger charge is -2.23. The van der Waals surface area contributed by atoms with Gasteiger partial charge in [-0.25, -0.2) is 9.97 Å². The SMILES string of the molecule is Cc1nn(C)c2nc(-c3ccncc3)nc(NC[C@@H]3COCCO3)c12. The summed E-state index contributed by atoms with van der Waals surface area (Å²) >= 11 is 0. The van der Waals surface area contributed by atoms with Crippen LogP contribution in [0.4, 0.5) is 5.82 Å². The summed E-state index contributed by atoms with van der Waals surface area (Å²) in [5, 5.41) is 8.81. The zero-order valence-electron chi connectivity index (χ0n) is 14.3. The van der Waals surface area contributed by atoms with Gasteiger partial charge in [0.2, 0.25) is 0 Å². The van der Waals surface area contributed by atoms with Crippen molar-refractivity contribution in [3.8, 4) is 11.4 Å². The van der Waals surface area contributed by atoms with Crippen LogP contribution < -0.4 is 5.32 Å². The van der Waals surface area contributed by atoms with E-state index in [2.05, 4.69) is 20.4 Å². The summed E-state index contributed by atoms with van der Waals surface area (Å²) in [7, 11) is 1.89. The molecule has 0 aliphatic carbocycles. The molecule has 25 heavy (non-hydrogen) atoms. The summed E-state index contributed by atoms with van der Waals surface area (Å²) in [6.07, 6.45) is 3.48. The molecule has 3 aromatic heterocycles. The average molecular weight is 340 g/mol. The Bertz CT molecular complexity index is 874. The predicted molar refractivity (Wildman–Crippen MR) is 93.3 cm³/mol. The maximum Gasteiger partial charge on any atom is 0.164 e. The summed E-state index contributed by atoms with van der Waals surface area (Å²) < 4.78 is 12.9. The second-order valence-electron chi connectivity index (χ2n) is 5.99. The van der Waals surface area contributed by atoms with E-state index in [1.165, 1.54) is 0 Å². The number of fused-ring (bicyclic) bond motifs is 1. The molecule has 1 N–H and O–H groups in total. The van der Waals surface area contributed by atoms with Gasteiger partial charge in [0.05, 0.1) is 37.0 Å². The normalized spacial score (nSPS) is 17.8. The largest absolute Gasteiger partial charge is 0.376 e. The van der Waals surface area contributed by atoms with Crippen LogP contribution in [0.5, 0.6) is 0 Å². The third-order valence-corrected chi connectivity index (χ3v) is 4.18. The van der Waals surface area contributed by atoms with E-state index in [-0.39, 0.29) is 6.10 Å². The average Bonchev–Trinajstić information content (AvgIpc) is 2.95. The van der Waals surface area contributed by atoms with Gasteiger partial charge in [-0.2, -0.15) is 5.10 Å². The van der Waals surface area contributed by atoms with Crippen LogP contribution in [0.25, 0.3) is 22.4 Å². The van der Waals surface area contributed by atoms with Crippen molar-refractivity contribution in [2.24, 2.45) is 7.05 Å². The van der Waals surface area contributed by atoms with E-state index in [1.54, 1.807) is 17.1 Å². The van der Waals surface area contributed by atoms with E-state index in [9.17, 15) is 0 Å². The quantitative estimate of drug-likeness (QED) is 0.771. The Morgan fingerprint density at radius 3 is 2.84 bits per heavy atom. The Kier molecular flexibility index (Phi) is 4.29. The maximum atomic E-state index is 5.70. The van der Waals surface area contributed by atoms with Crippen LogP contribution in [0.2, 0.25) is 0 Å². The van der Waals surface area contributed by atoms with Crippen molar-refractivity contribution in [2.45, 2.75) is 13.0 Å². The van der Waals surface area contributed by atoms with Crippen LogP contribution in [-0.4, -0.2) is 57.2 Å². The molecule has 1 fully saturated rings. The van der Waals surface area contributed by atoms with Gasteiger partial charge in [-0.05, 0) is 19.1 Å². The van der Waals surface area contributed by atoms with E-state index < -0.39 is 0 Å². The molecule has 1 atom stereocenters.